The number of likely N-dealkylation sites (N-methyl/N-ethyl adjacent to an activating group) is 1. The lowest BCUT2D eigenvalue weighted by molar-refractivity contribution is -0.143. The van der Waals surface area contributed by atoms with E-state index in [1.807, 2.05) is 0 Å². The van der Waals surface area contributed by atoms with Gasteiger partial charge in [-0.2, -0.15) is 0 Å². The summed E-state index contributed by atoms with van der Waals surface area (Å²) in [6, 6.07) is 2.14. The van der Waals surface area contributed by atoms with E-state index in [9.17, 15) is 18.4 Å². The smallest absolute Gasteiger partial charge is 0.325 e. The molecule has 20 heavy (non-hydrogen) atoms. The van der Waals surface area contributed by atoms with Crippen LogP contribution in [-0.2, 0) is 9.53 Å². The van der Waals surface area contributed by atoms with Crippen LogP contribution in [0.25, 0.3) is 0 Å². The number of ether oxygens (including phenoxy) is 1. The molecule has 0 unspecified atom stereocenters. The normalized spacial score (nSPS) is 10.0. The van der Waals surface area contributed by atoms with E-state index in [0.29, 0.717) is 6.07 Å². The molecule has 5 nitrogen and oxygen atoms in total. The maximum atomic E-state index is 13.4. The molecule has 110 valence electrons. The Morgan fingerprint density at radius 1 is 1.30 bits per heavy atom. The van der Waals surface area contributed by atoms with E-state index in [2.05, 4.69) is 5.32 Å². The highest BCUT2D eigenvalue weighted by atomic mass is 19.1. The van der Waals surface area contributed by atoms with E-state index < -0.39 is 23.6 Å². The zero-order valence-corrected chi connectivity index (χ0v) is 11.3. The summed E-state index contributed by atoms with van der Waals surface area (Å²) in [4.78, 5) is 24.3. The largest absolute Gasteiger partial charge is 0.465 e. The Morgan fingerprint density at radius 2 is 2.00 bits per heavy atom. The number of esters is 1. The fourth-order valence-electron chi connectivity index (χ4n) is 1.47. The van der Waals surface area contributed by atoms with Crippen LogP contribution in [-0.4, -0.2) is 36.6 Å². The predicted octanol–water partition coefficient (Wildman–Crippen LogP) is 2.38. The number of nitrogens with one attached hydrogen (secondary N) is 1. The van der Waals surface area contributed by atoms with E-state index in [1.54, 1.807) is 13.8 Å². The minimum Gasteiger partial charge on any atom is -0.465 e. The molecule has 0 radical (unpaired) electrons. The lowest BCUT2D eigenvalue weighted by atomic mass is 10.3. The molecule has 0 aliphatic rings. The number of nitrogens with zero attached hydrogens (tertiary/aromatic N) is 1. The molecule has 1 N–H and O–H groups in total. The molecule has 7 heteroatoms. The van der Waals surface area contributed by atoms with Gasteiger partial charge in [0.05, 0.1) is 12.3 Å². The molecule has 1 aromatic rings. The highest BCUT2D eigenvalue weighted by Gasteiger charge is 2.17. The van der Waals surface area contributed by atoms with Crippen LogP contribution in [0.5, 0.6) is 0 Å². The van der Waals surface area contributed by atoms with Crippen molar-refractivity contribution in [3.63, 3.8) is 0 Å². The van der Waals surface area contributed by atoms with Gasteiger partial charge in [0.25, 0.3) is 0 Å². The Labute approximate surface area is 115 Å². The van der Waals surface area contributed by atoms with Gasteiger partial charge in [-0.15, -0.1) is 0 Å². The predicted molar refractivity (Wildman–Crippen MR) is 69.3 cm³/mol. The first-order valence-electron chi connectivity index (χ1n) is 6.14. The van der Waals surface area contributed by atoms with Gasteiger partial charge in [-0.25, -0.2) is 13.6 Å². The first kappa shape index (κ1) is 15.9. The quantitative estimate of drug-likeness (QED) is 0.845. The molecule has 0 aliphatic carbocycles. The SMILES string of the molecule is CCOC(=O)CN(CC)C(=O)Nc1ccc(F)cc1F. The van der Waals surface area contributed by atoms with Crippen molar-refractivity contribution in [1.82, 2.24) is 4.90 Å². The van der Waals surface area contributed by atoms with Gasteiger partial charge in [0, 0.05) is 12.6 Å². The van der Waals surface area contributed by atoms with Crippen LogP contribution >= 0.6 is 0 Å². The molecule has 0 atom stereocenters. The second-order valence-corrected chi connectivity index (χ2v) is 3.87. The summed E-state index contributed by atoms with van der Waals surface area (Å²) in [6.45, 7) is 3.54. The van der Waals surface area contributed by atoms with Gasteiger partial charge < -0.3 is 15.0 Å². The molecular formula is C13H16F2N2O3. The molecule has 0 heterocycles. The Balaban J connectivity index is 2.69. The zero-order chi connectivity index (χ0) is 15.1. The third-order valence-corrected chi connectivity index (χ3v) is 2.47. The van der Waals surface area contributed by atoms with Gasteiger partial charge in [0.1, 0.15) is 18.2 Å². The number of anilines is 1. The maximum absolute atomic E-state index is 13.4. The van der Waals surface area contributed by atoms with Crippen molar-refractivity contribution >= 4 is 17.7 Å². The molecule has 0 saturated heterocycles. The average Bonchev–Trinajstić information content (AvgIpc) is 2.39. The summed E-state index contributed by atoms with van der Waals surface area (Å²) in [5.74, 6) is -2.17. The van der Waals surface area contributed by atoms with Crippen LogP contribution in [0.4, 0.5) is 19.3 Å². The Kier molecular flexibility index (Phi) is 5.89. The first-order valence-corrected chi connectivity index (χ1v) is 6.14. The summed E-state index contributed by atoms with van der Waals surface area (Å²) in [6.07, 6.45) is 0. The first-order chi connectivity index (χ1) is 9.47. The van der Waals surface area contributed by atoms with Gasteiger partial charge >= 0.3 is 12.0 Å². The number of halogens is 2. The van der Waals surface area contributed by atoms with Crippen LogP contribution in [0.2, 0.25) is 0 Å². The topological polar surface area (TPSA) is 58.6 Å². The zero-order valence-electron chi connectivity index (χ0n) is 11.3. The van der Waals surface area contributed by atoms with Gasteiger partial charge in [0.15, 0.2) is 0 Å². The standard InChI is InChI=1S/C13H16F2N2O3/c1-3-17(8-12(18)20-4-2)13(19)16-11-6-5-9(14)7-10(11)15/h5-7H,3-4,8H2,1-2H3,(H,16,19). The lowest BCUT2D eigenvalue weighted by Gasteiger charge is -2.20. The molecule has 0 bridgehead atoms. The van der Waals surface area contributed by atoms with Crippen LogP contribution < -0.4 is 5.32 Å². The van der Waals surface area contributed by atoms with Crippen molar-refractivity contribution in [3.05, 3.63) is 29.8 Å². The fourth-order valence-corrected chi connectivity index (χ4v) is 1.47. The highest BCUT2D eigenvalue weighted by molar-refractivity contribution is 5.91. The molecule has 1 aromatic carbocycles. The minimum absolute atomic E-state index is 0.154. The van der Waals surface area contributed by atoms with E-state index in [4.69, 9.17) is 4.74 Å². The number of carbonyl (C=O) groups is 2. The van der Waals surface area contributed by atoms with Gasteiger partial charge in [-0.1, -0.05) is 0 Å². The number of hydrogen-bond donors (Lipinski definition) is 1. The Bertz CT molecular complexity index is 495. The third-order valence-electron chi connectivity index (χ3n) is 2.47. The van der Waals surface area contributed by atoms with Crippen LogP contribution in [0.15, 0.2) is 18.2 Å². The molecule has 0 spiro atoms. The molecular weight excluding hydrogens is 270 g/mol. The van der Waals surface area contributed by atoms with Crippen molar-refractivity contribution in [1.29, 1.82) is 0 Å². The molecule has 0 fully saturated rings. The number of hydrogen-bond acceptors (Lipinski definition) is 3. The molecule has 1 rings (SSSR count). The summed E-state index contributed by atoms with van der Waals surface area (Å²) < 4.78 is 30.9. The summed E-state index contributed by atoms with van der Waals surface area (Å²) >= 11 is 0. The monoisotopic (exact) mass is 286 g/mol. The lowest BCUT2D eigenvalue weighted by Crippen LogP contribution is -2.39. The van der Waals surface area contributed by atoms with Gasteiger partial charge in [-0.05, 0) is 26.0 Å². The van der Waals surface area contributed by atoms with Gasteiger partial charge in [0.2, 0.25) is 0 Å². The second kappa shape index (κ2) is 7.42. The number of amides is 2. The second-order valence-electron chi connectivity index (χ2n) is 3.87. The number of urea groups is 1. The average molecular weight is 286 g/mol. The number of rotatable bonds is 5. The van der Waals surface area contributed by atoms with Crippen molar-refractivity contribution in [2.75, 3.05) is 25.0 Å². The van der Waals surface area contributed by atoms with Crippen LogP contribution in [0, 0.1) is 11.6 Å². The van der Waals surface area contributed by atoms with Crippen molar-refractivity contribution < 1.29 is 23.1 Å². The minimum atomic E-state index is -0.884. The summed E-state index contributed by atoms with van der Waals surface area (Å²) in [5.41, 5.74) is -0.154. The number of benzene rings is 1. The maximum Gasteiger partial charge on any atom is 0.325 e. The molecule has 0 aromatic heterocycles. The fraction of sp³-hybridized carbons (Fsp3) is 0.385. The van der Waals surface area contributed by atoms with E-state index in [0.717, 1.165) is 17.0 Å². The van der Waals surface area contributed by atoms with Crippen molar-refractivity contribution in [2.24, 2.45) is 0 Å². The van der Waals surface area contributed by atoms with Crippen molar-refractivity contribution in [2.45, 2.75) is 13.8 Å². The Hall–Kier alpha value is -2.18. The van der Waals surface area contributed by atoms with Gasteiger partial charge in [-0.3, -0.25) is 4.79 Å². The summed E-state index contributed by atoms with van der Waals surface area (Å²) in [7, 11) is 0. The highest BCUT2D eigenvalue weighted by Crippen LogP contribution is 2.15. The molecule has 2 amide bonds. The third kappa shape index (κ3) is 4.49. The molecule has 0 saturated carbocycles. The van der Waals surface area contributed by atoms with E-state index in [1.165, 1.54) is 0 Å². The van der Waals surface area contributed by atoms with Crippen LogP contribution in [0.3, 0.4) is 0 Å². The van der Waals surface area contributed by atoms with E-state index >= 15 is 0 Å². The van der Waals surface area contributed by atoms with E-state index in [-0.39, 0.29) is 25.4 Å². The van der Waals surface area contributed by atoms with Crippen molar-refractivity contribution in [3.8, 4) is 0 Å². The van der Waals surface area contributed by atoms with Crippen LogP contribution in [0.1, 0.15) is 13.8 Å². The number of carbonyl (C=O) groups excluding carboxylic acids is 2. The summed E-state index contributed by atoms with van der Waals surface area (Å²) in [5, 5.41) is 2.27. The Morgan fingerprint density at radius 3 is 2.55 bits per heavy atom. The molecule has 0 aliphatic heterocycles.